The summed E-state index contributed by atoms with van der Waals surface area (Å²) < 4.78 is 1.72. The number of anilines is 1. The van der Waals surface area contributed by atoms with Crippen LogP contribution in [0.25, 0.3) is 11.0 Å². The monoisotopic (exact) mass is 272 g/mol. The van der Waals surface area contributed by atoms with Crippen LogP contribution in [-0.4, -0.2) is 32.2 Å². The third kappa shape index (κ3) is 1.83. The van der Waals surface area contributed by atoms with Crippen LogP contribution >= 0.6 is 0 Å². The summed E-state index contributed by atoms with van der Waals surface area (Å²) in [5, 5.41) is 14.0. The number of carbonyl (C=O) groups is 2. The van der Waals surface area contributed by atoms with E-state index in [9.17, 15) is 9.59 Å². The molecule has 102 valence electrons. The number of fused-ring (bicyclic) bond motifs is 1. The molecule has 1 aromatic heterocycles. The zero-order valence-electron chi connectivity index (χ0n) is 10.8. The number of amides is 1. The number of aliphatic carboxylic acids is 1. The quantitative estimate of drug-likeness (QED) is 0.888. The van der Waals surface area contributed by atoms with Gasteiger partial charge in [-0.3, -0.25) is 4.79 Å². The van der Waals surface area contributed by atoms with Crippen LogP contribution in [0.1, 0.15) is 12.8 Å². The van der Waals surface area contributed by atoms with Crippen molar-refractivity contribution in [3.05, 3.63) is 24.3 Å². The number of benzene rings is 1. The lowest BCUT2D eigenvalue weighted by molar-refractivity contribution is -0.129. The average Bonchev–Trinajstić information content (AvgIpc) is 2.77. The second-order valence-corrected chi connectivity index (χ2v) is 4.52. The number of nitrogens with zero attached hydrogens (tertiary/aromatic N) is 4. The van der Waals surface area contributed by atoms with E-state index in [0.717, 1.165) is 16.0 Å². The number of para-hydroxylation sites is 2. The SMILES string of the molecule is Cn1c(N2N=C(C(=O)O)CCC2=O)nc2ccccc21. The van der Waals surface area contributed by atoms with Crippen LogP contribution < -0.4 is 5.01 Å². The van der Waals surface area contributed by atoms with E-state index < -0.39 is 5.97 Å². The molecule has 1 amide bonds. The van der Waals surface area contributed by atoms with Gasteiger partial charge in [0.25, 0.3) is 0 Å². The summed E-state index contributed by atoms with van der Waals surface area (Å²) >= 11 is 0. The fraction of sp³-hybridized carbons (Fsp3) is 0.231. The predicted octanol–water partition coefficient (Wildman–Crippen LogP) is 1.14. The Morgan fingerprint density at radius 1 is 1.30 bits per heavy atom. The van der Waals surface area contributed by atoms with Crippen molar-refractivity contribution in [2.45, 2.75) is 12.8 Å². The smallest absolute Gasteiger partial charge is 0.352 e. The molecule has 0 saturated carbocycles. The van der Waals surface area contributed by atoms with E-state index in [1.165, 1.54) is 0 Å². The number of hydrogen-bond donors (Lipinski definition) is 1. The molecule has 7 heteroatoms. The Hall–Kier alpha value is -2.70. The molecule has 0 radical (unpaired) electrons. The molecule has 0 fully saturated rings. The molecule has 0 saturated heterocycles. The van der Waals surface area contributed by atoms with Gasteiger partial charge < -0.3 is 9.67 Å². The van der Waals surface area contributed by atoms with Crippen molar-refractivity contribution in [1.82, 2.24) is 9.55 Å². The molecule has 7 nitrogen and oxygen atoms in total. The highest BCUT2D eigenvalue weighted by atomic mass is 16.4. The van der Waals surface area contributed by atoms with E-state index in [1.54, 1.807) is 11.6 Å². The molecule has 1 aliphatic heterocycles. The third-order valence-corrected chi connectivity index (χ3v) is 3.23. The Kier molecular flexibility index (Phi) is 2.74. The molecule has 0 spiro atoms. The number of carboxylic acid groups (broad SMARTS) is 1. The molecule has 1 N–H and O–H groups in total. The summed E-state index contributed by atoms with van der Waals surface area (Å²) in [5.41, 5.74) is 1.56. The molecular weight excluding hydrogens is 260 g/mol. The Morgan fingerprint density at radius 2 is 2.05 bits per heavy atom. The van der Waals surface area contributed by atoms with Gasteiger partial charge in [0, 0.05) is 19.9 Å². The molecule has 20 heavy (non-hydrogen) atoms. The minimum atomic E-state index is -1.11. The van der Waals surface area contributed by atoms with Gasteiger partial charge >= 0.3 is 5.97 Å². The molecule has 2 heterocycles. The molecule has 0 unspecified atom stereocenters. The van der Waals surface area contributed by atoms with Crippen molar-refractivity contribution in [1.29, 1.82) is 0 Å². The number of aromatic nitrogens is 2. The first-order valence-electron chi connectivity index (χ1n) is 6.13. The fourth-order valence-electron chi connectivity index (χ4n) is 2.19. The van der Waals surface area contributed by atoms with E-state index in [0.29, 0.717) is 5.95 Å². The third-order valence-electron chi connectivity index (χ3n) is 3.23. The first-order valence-corrected chi connectivity index (χ1v) is 6.13. The number of hydrogen-bond acceptors (Lipinski definition) is 4. The van der Waals surface area contributed by atoms with Gasteiger partial charge in [-0.2, -0.15) is 10.1 Å². The second kappa shape index (κ2) is 4.44. The van der Waals surface area contributed by atoms with Crippen molar-refractivity contribution < 1.29 is 14.7 Å². The topological polar surface area (TPSA) is 87.8 Å². The summed E-state index contributed by atoms with van der Waals surface area (Å²) in [6.07, 6.45) is 0.267. The molecule has 0 atom stereocenters. The minimum absolute atomic E-state index is 0.0309. The second-order valence-electron chi connectivity index (χ2n) is 4.52. The lowest BCUT2D eigenvalue weighted by Crippen LogP contribution is -2.35. The van der Waals surface area contributed by atoms with Crippen molar-refractivity contribution >= 4 is 34.6 Å². The molecule has 1 aromatic carbocycles. The largest absolute Gasteiger partial charge is 0.477 e. The van der Waals surface area contributed by atoms with Crippen LogP contribution in [0, 0.1) is 0 Å². The average molecular weight is 272 g/mol. The summed E-state index contributed by atoms with van der Waals surface area (Å²) in [4.78, 5) is 27.3. The summed E-state index contributed by atoms with van der Waals surface area (Å²) in [5.74, 6) is -1.04. The zero-order chi connectivity index (χ0) is 14.3. The summed E-state index contributed by atoms with van der Waals surface area (Å²) in [6.45, 7) is 0. The van der Waals surface area contributed by atoms with Crippen LogP contribution in [0.15, 0.2) is 29.4 Å². The predicted molar refractivity (Wildman–Crippen MR) is 72.5 cm³/mol. The van der Waals surface area contributed by atoms with E-state index in [2.05, 4.69) is 10.1 Å². The maximum Gasteiger partial charge on any atom is 0.352 e. The Bertz CT molecular complexity index is 747. The van der Waals surface area contributed by atoms with Crippen molar-refractivity contribution in [2.24, 2.45) is 12.1 Å². The highest BCUT2D eigenvalue weighted by Gasteiger charge is 2.28. The van der Waals surface area contributed by atoms with Gasteiger partial charge in [-0.05, 0) is 12.1 Å². The van der Waals surface area contributed by atoms with Crippen molar-refractivity contribution in [3.8, 4) is 0 Å². The summed E-state index contributed by atoms with van der Waals surface area (Å²) in [6, 6.07) is 7.43. The van der Waals surface area contributed by atoms with E-state index in [1.807, 2.05) is 24.3 Å². The van der Waals surface area contributed by atoms with Gasteiger partial charge in [0.05, 0.1) is 11.0 Å². The van der Waals surface area contributed by atoms with Crippen molar-refractivity contribution in [2.75, 3.05) is 5.01 Å². The maximum absolute atomic E-state index is 12.0. The van der Waals surface area contributed by atoms with Gasteiger partial charge in [0.15, 0.2) is 0 Å². The zero-order valence-corrected chi connectivity index (χ0v) is 10.8. The fourth-order valence-corrected chi connectivity index (χ4v) is 2.19. The molecule has 3 rings (SSSR count). The van der Waals surface area contributed by atoms with Gasteiger partial charge in [0.2, 0.25) is 11.9 Å². The van der Waals surface area contributed by atoms with Gasteiger partial charge in [-0.15, -0.1) is 0 Å². The van der Waals surface area contributed by atoms with Crippen LogP contribution in [-0.2, 0) is 16.6 Å². The summed E-state index contributed by atoms with van der Waals surface area (Å²) in [7, 11) is 1.77. The number of carboxylic acids is 1. The first kappa shape index (κ1) is 12.3. The van der Waals surface area contributed by atoms with E-state index >= 15 is 0 Å². The Labute approximate surface area is 114 Å². The number of imidazole rings is 1. The normalized spacial score (nSPS) is 15.6. The number of rotatable bonds is 2. The molecular formula is C13H12N4O3. The minimum Gasteiger partial charge on any atom is -0.477 e. The number of carbonyl (C=O) groups excluding carboxylic acids is 1. The number of hydrazone groups is 1. The molecule has 0 bridgehead atoms. The standard InChI is InChI=1S/C13H12N4O3/c1-16-10-5-3-2-4-8(10)14-13(16)17-11(18)7-6-9(15-17)12(19)20/h2-5H,6-7H2,1H3,(H,19,20). The highest BCUT2D eigenvalue weighted by molar-refractivity contribution is 6.37. The first-order chi connectivity index (χ1) is 9.58. The van der Waals surface area contributed by atoms with Crippen LogP contribution in [0.4, 0.5) is 5.95 Å². The van der Waals surface area contributed by atoms with Gasteiger partial charge in [-0.1, -0.05) is 12.1 Å². The number of aryl methyl sites for hydroxylation is 1. The van der Waals surface area contributed by atoms with Crippen LogP contribution in [0.5, 0.6) is 0 Å². The van der Waals surface area contributed by atoms with Gasteiger partial charge in [-0.25, -0.2) is 9.78 Å². The van der Waals surface area contributed by atoms with Crippen LogP contribution in [0.2, 0.25) is 0 Å². The van der Waals surface area contributed by atoms with E-state index in [4.69, 9.17) is 5.11 Å². The highest BCUT2D eigenvalue weighted by Crippen LogP contribution is 2.24. The van der Waals surface area contributed by atoms with Gasteiger partial charge in [0.1, 0.15) is 5.71 Å². The molecule has 1 aliphatic rings. The van der Waals surface area contributed by atoms with Crippen molar-refractivity contribution in [3.63, 3.8) is 0 Å². The lowest BCUT2D eigenvalue weighted by Gasteiger charge is -2.20. The molecule has 0 aliphatic carbocycles. The lowest BCUT2D eigenvalue weighted by atomic mass is 10.2. The van der Waals surface area contributed by atoms with Crippen LogP contribution in [0.3, 0.4) is 0 Å². The Balaban J connectivity index is 2.14. The maximum atomic E-state index is 12.0. The van der Waals surface area contributed by atoms with E-state index in [-0.39, 0.29) is 24.5 Å². The molecule has 2 aromatic rings. The Morgan fingerprint density at radius 3 is 2.75 bits per heavy atom.